The van der Waals surface area contributed by atoms with Gasteiger partial charge in [-0.3, -0.25) is 0 Å². The second-order valence-electron chi connectivity index (χ2n) is 10.7. The van der Waals surface area contributed by atoms with Crippen LogP contribution >= 0.6 is 12.4 Å². The highest BCUT2D eigenvalue weighted by Gasteiger charge is 2.24. The summed E-state index contributed by atoms with van der Waals surface area (Å²) in [5.41, 5.74) is 3.44. The molecule has 1 saturated heterocycles. The van der Waals surface area contributed by atoms with Crippen LogP contribution in [-0.2, 0) is 6.42 Å². The summed E-state index contributed by atoms with van der Waals surface area (Å²) < 4.78 is 23.5. The minimum absolute atomic E-state index is 0. The van der Waals surface area contributed by atoms with Gasteiger partial charge >= 0.3 is 0 Å². The Kier molecular flexibility index (Phi) is 8.45. The third-order valence-corrected chi connectivity index (χ3v) is 7.56. The van der Waals surface area contributed by atoms with Gasteiger partial charge in [0.2, 0.25) is 5.89 Å². The number of aliphatic hydroxyl groups is 1. The number of β-amino-alcohol motifs (C(OH)–C–C–N with tert-alkyl or cyclic N) is 1. The van der Waals surface area contributed by atoms with Gasteiger partial charge in [0.15, 0.2) is 5.76 Å². The fraction of sp³-hybridized carbons (Fsp3) is 0.467. The molecule has 9 heteroatoms. The third kappa shape index (κ3) is 6.08. The molecule has 0 saturated carbocycles. The summed E-state index contributed by atoms with van der Waals surface area (Å²) in [6.45, 7) is 7.58. The zero-order valence-corrected chi connectivity index (χ0v) is 23.3. The minimum atomic E-state index is -0.585. The number of rotatable bonds is 8. The second-order valence-corrected chi connectivity index (χ2v) is 10.7. The summed E-state index contributed by atoms with van der Waals surface area (Å²) in [6, 6.07) is 14.2. The van der Waals surface area contributed by atoms with Crippen LogP contribution in [0.3, 0.4) is 0 Å². The number of nitrogens with zero attached hydrogens (tertiary/aromatic N) is 3. The molecule has 39 heavy (non-hydrogen) atoms. The second kappa shape index (κ2) is 12.0. The summed E-state index contributed by atoms with van der Waals surface area (Å²) >= 11 is 0. The van der Waals surface area contributed by atoms with Gasteiger partial charge in [-0.25, -0.2) is 0 Å². The molecule has 0 aliphatic carbocycles. The van der Waals surface area contributed by atoms with Crippen molar-refractivity contribution < 1.29 is 23.4 Å². The molecule has 0 radical (unpaired) electrons. The van der Waals surface area contributed by atoms with Crippen LogP contribution in [0.4, 0.5) is 0 Å². The van der Waals surface area contributed by atoms with E-state index in [0.29, 0.717) is 41.3 Å². The van der Waals surface area contributed by atoms with E-state index in [9.17, 15) is 5.11 Å². The van der Waals surface area contributed by atoms with Gasteiger partial charge in [-0.1, -0.05) is 32.0 Å². The lowest BCUT2D eigenvalue weighted by Crippen LogP contribution is -2.40. The molecule has 208 valence electrons. The Balaban J connectivity index is 0.00000308. The maximum atomic E-state index is 10.8. The zero-order chi connectivity index (χ0) is 26.1. The Morgan fingerprint density at radius 1 is 1.08 bits per heavy atom. The molecular weight excluding hydrogens is 518 g/mol. The number of aliphatic hydroxyl groups excluding tert-OH is 1. The first kappa shape index (κ1) is 27.5. The van der Waals surface area contributed by atoms with Crippen molar-refractivity contribution in [2.24, 2.45) is 0 Å². The first-order valence-electron chi connectivity index (χ1n) is 13.7. The van der Waals surface area contributed by atoms with E-state index in [1.165, 1.54) is 11.1 Å². The van der Waals surface area contributed by atoms with E-state index < -0.39 is 6.10 Å². The van der Waals surface area contributed by atoms with Crippen LogP contribution < -0.4 is 9.47 Å². The van der Waals surface area contributed by atoms with Crippen LogP contribution in [-0.4, -0.2) is 59.2 Å². The van der Waals surface area contributed by atoms with Crippen molar-refractivity contribution >= 4 is 23.4 Å². The van der Waals surface area contributed by atoms with Crippen molar-refractivity contribution in [1.82, 2.24) is 15.1 Å². The smallest absolute Gasteiger partial charge is 0.283 e. The summed E-state index contributed by atoms with van der Waals surface area (Å²) in [4.78, 5) is 2.34. The Morgan fingerprint density at radius 2 is 1.92 bits per heavy atom. The average molecular weight is 554 g/mol. The Labute approximate surface area is 234 Å². The van der Waals surface area contributed by atoms with Gasteiger partial charge in [-0.05, 0) is 74.0 Å². The normalized spacial score (nSPS) is 17.0. The van der Waals surface area contributed by atoms with E-state index >= 15 is 0 Å². The molecule has 1 fully saturated rings. The number of hydrogen-bond donors (Lipinski definition) is 1. The van der Waals surface area contributed by atoms with E-state index in [0.717, 1.165) is 56.5 Å². The average Bonchev–Trinajstić information content (AvgIpc) is 3.60. The summed E-state index contributed by atoms with van der Waals surface area (Å²) in [6.07, 6.45) is 3.82. The highest BCUT2D eigenvalue weighted by molar-refractivity contribution is 5.87. The number of furan rings is 1. The molecule has 4 heterocycles. The van der Waals surface area contributed by atoms with E-state index in [1.54, 1.807) is 0 Å². The molecule has 0 unspecified atom stereocenters. The topological polar surface area (TPSA) is 94.0 Å². The van der Waals surface area contributed by atoms with E-state index in [2.05, 4.69) is 33.3 Å². The van der Waals surface area contributed by atoms with Gasteiger partial charge in [0.05, 0.1) is 12.0 Å². The van der Waals surface area contributed by atoms with Crippen molar-refractivity contribution in [3.8, 4) is 23.1 Å². The first-order chi connectivity index (χ1) is 18.5. The van der Waals surface area contributed by atoms with Crippen molar-refractivity contribution in [3.63, 3.8) is 0 Å². The SMILES string of the molecule is CC(C)c1nnc(-c2cc3c(OC[C@@H](O)CN4CCC(c5ccc6c(c5)CCCO6)CC4)cccc3o2)o1.Cl. The van der Waals surface area contributed by atoms with Crippen LogP contribution in [0.5, 0.6) is 11.5 Å². The standard InChI is InChI=1S/C30H35N3O5.ClH/c1-19(2)29-31-32-30(38-29)28-16-24-26(6-3-7-27(24)37-28)36-18-23(34)17-33-12-10-20(11-13-33)21-8-9-25-22(15-21)5-4-14-35-25;/h3,6-9,15-16,19-20,23,34H,4-5,10-14,17-18H2,1-2H3;1H/t23-;/m0./s1. The number of fused-ring (bicyclic) bond motifs is 2. The van der Waals surface area contributed by atoms with E-state index in [4.69, 9.17) is 18.3 Å². The highest BCUT2D eigenvalue weighted by atomic mass is 35.5. The maximum absolute atomic E-state index is 10.8. The van der Waals surface area contributed by atoms with Gasteiger partial charge in [0.25, 0.3) is 5.89 Å². The molecule has 1 atom stereocenters. The molecule has 4 aromatic rings. The molecule has 2 aromatic carbocycles. The van der Waals surface area contributed by atoms with E-state index in [1.807, 2.05) is 38.1 Å². The van der Waals surface area contributed by atoms with Crippen LogP contribution in [0.1, 0.15) is 62.0 Å². The largest absolute Gasteiger partial charge is 0.493 e. The number of aromatic nitrogens is 2. The molecule has 1 N–H and O–H groups in total. The lowest BCUT2D eigenvalue weighted by atomic mass is 9.87. The number of likely N-dealkylation sites (tertiary alicyclic amines) is 1. The predicted octanol–water partition coefficient (Wildman–Crippen LogP) is 5.97. The minimum Gasteiger partial charge on any atom is -0.493 e. The van der Waals surface area contributed by atoms with E-state index in [-0.39, 0.29) is 24.9 Å². The molecule has 0 bridgehead atoms. The Morgan fingerprint density at radius 3 is 2.72 bits per heavy atom. The number of piperidine rings is 1. The lowest BCUT2D eigenvalue weighted by Gasteiger charge is -2.33. The van der Waals surface area contributed by atoms with Crippen molar-refractivity contribution in [1.29, 1.82) is 0 Å². The summed E-state index contributed by atoms with van der Waals surface area (Å²) in [5.74, 6) is 3.85. The summed E-state index contributed by atoms with van der Waals surface area (Å²) in [5, 5.41) is 19.8. The highest BCUT2D eigenvalue weighted by Crippen LogP contribution is 2.35. The fourth-order valence-electron chi connectivity index (χ4n) is 5.45. The van der Waals surface area contributed by atoms with Gasteiger partial charge in [-0.2, -0.15) is 0 Å². The Bertz CT molecular complexity index is 1390. The molecule has 8 nitrogen and oxygen atoms in total. The fourth-order valence-corrected chi connectivity index (χ4v) is 5.45. The molecular formula is C30H36ClN3O5. The molecule has 0 spiro atoms. The van der Waals surface area contributed by atoms with Gasteiger partial charge in [0.1, 0.15) is 29.8 Å². The van der Waals surface area contributed by atoms with Crippen LogP contribution in [0.2, 0.25) is 0 Å². The molecule has 2 aliphatic heterocycles. The first-order valence-corrected chi connectivity index (χ1v) is 13.7. The van der Waals surface area contributed by atoms with Crippen molar-refractivity contribution in [2.45, 2.75) is 57.5 Å². The number of benzene rings is 2. The maximum Gasteiger partial charge on any atom is 0.283 e. The number of hydrogen-bond acceptors (Lipinski definition) is 8. The number of ether oxygens (including phenoxy) is 2. The van der Waals surface area contributed by atoms with Crippen LogP contribution in [0.15, 0.2) is 51.3 Å². The van der Waals surface area contributed by atoms with Crippen LogP contribution in [0, 0.1) is 0 Å². The molecule has 2 aliphatic rings. The number of halogens is 1. The van der Waals surface area contributed by atoms with Crippen molar-refractivity contribution in [3.05, 3.63) is 59.5 Å². The summed E-state index contributed by atoms with van der Waals surface area (Å²) in [7, 11) is 0. The predicted molar refractivity (Wildman–Crippen MR) is 151 cm³/mol. The lowest BCUT2D eigenvalue weighted by molar-refractivity contribution is 0.0599. The monoisotopic (exact) mass is 553 g/mol. The van der Waals surface area contributed by atoms with Crippen molar-refractivity contribution in [2.75, 3.05) is 32.8 Å². The number of aryl methyl sites for hydroxylation is 1. The van der Waals surface area contributed by atoms with Crippen LogP contribution in [0.25, 0.3) is 22.6 Å². The quantitative estimate of drug-likeness (QED) is 0.285. The Hall–Kier alpha value is -3.07. The van der Waals surface area contributed by atoms with Gasteiger partial charge < -0.3 is 28.3 Å². The van der Waals surface area contributed by atoms with Gasteiger partial charge in [-0.15, -0.1) is 22.6 Å². The van der Waals surface area contributed by atoms with Gasteiger partial charge in [0, 0.05) is 18.5 Å². The molecule has 2 aromatic heterocycles. The third-order valence-electron chi connectivity index (χ3n) is 7.56. The molecule has 0 amide bonds. The zero-order valence-electron chi connectivity index (χ0n) is 22.5. The molecule has 6 rings (SSSR count).